The molecule has 5 heteroatoms. The number of imidazole rings is 1. The van der Waals surface area contributed by atoms with Crippen LogP contribution in [0.5, 0.6) is 11.5 Å². The van der Waals surface area contributed by atoms with Gasteiger partial charge in [0.1, 0.15) is 11.4 Å². The number of ether oxygens (including phenoxy) is 1. The molecule has 0 atom stereocenters. The molecule has 0 bridgehead atoms. The van der Waals surface area contributed by atoms with Crippen LogP contribution in [-0.2, 0) is 6.42 Å². The number of hydrogen-bond donors (Lipinski definition) is 2. The van der Waals surface area contributed by atoms with Crippen LogP contribution in [0.1, 0.15) is 26.3 Å². The fourth-order valence-corrected chi connectivity index (χ4v) is 3.45. The van der Waals surface area contributed by atoms with Crippen molar-refractivity contribution in [3.05, 3.63) is 78.5 Å². The lowest BCUT2D eigenvalue weighted by atomic mass is 10.1. The Labute approximate surface area is 177 Å². The first-order chi connectivity index (χ1) is 14.4. The monoisotopic (exact) mass is 401 g/mol. The molecule has 0 amide bonds. The second-order valence-electron chi connectivity index (χ2n) is 8.35. The van der Waals surface area contributed by atoms with Crippen molar-refractivity contribution in [2.24, 2.45) is 0 Å². The van der Waals surface area contributed by atoms with E-state index in [1.807, 2.05) is 59.1 Å². The molecular weight excluding hydrogens is 374 g/mol. The largest absolute Gasteiger partial charge is 0.507 e. The van der Waals surface area contributed by atoms with Gasteiger partial charge in [-0.05, 0) is 50.6 Å². The van der Waals surface area contributed by atoms with Crippen LogP contribution in [0, 0.1) is 0 Å². The predicted molar refractivity (Wildman–Crippen MR) is 121 cm³/mol. The molecule has 0 aliphatic rings. The molecule has 0 saturated carbocycles. The number of nitrogens with one attached hydrogen (secondary N) is 1. The van der Waals surface area contributed by atoms with Crippen LogP contribution in [0.25, 0.3) is 16.9 Å². The molecule has 30 heavy (non-hydrogen) atoms. The third-order valence-electron chi connectivity index (χ3n) is 4.76. The Morgan fingerprint density at radius 3 is 2.43 bits per heavy atom. The summed E-state index contributed by atoms with van der Waals surface area (Å²) in [6.07, 6.45) is 2.77. The van der Waals surface area contributed by atoms with E-state index in [9.17, 15) is 5.11 Å². The fraction of sp³-hybridized carbons (Fsp3) is 0.240. The van der Waals surface area contributed by atoms with Crippen LogP contribution in [0.3, 0.4) is 0 Å². The highest BCUT2D eigenvalue weighted by Crippen LogP contribution is 2.37. The zero-order chi connectivity index (χ0) is 21.1. The maximum Gasteiger partial charge on any atom is 0.182 e. The van der Waals surface area contributed by atoms with Crippen molar-refractivity contribution >= 4 is 11.5 Å². The number of pyridine rings is 1. The Morgan fingerprint density at radius 2 is 1.70 bits per heavy atom. The summed E-state index contributed by atoms with van der Waals surface area (Å²) in [6, 6.07) is 21.5. The van der Waals surface area contributed by atoms with Gasteiger partial charge in [0.25, 0.3) is 0 Å². The number of benzene rings is 2. The number of phenols is 1. The van der Waals surface area contributed by atoms with Crippen molar-refractivity contribution in [2.75, 3.05) is 11.9 Å². The molecule has 0 radical (unpaired) electrons. The molecule has 0 aliphatic heterocycles. The standard InChI is InChI=1S/C25H27N3O2/c1-25(2,3)27-23-22(19-12-7-8-13-20(19)29)28-16-9-14-21(24(28)26-23)30-17-15-18-10-5-4-6-11-18/h4-14,16,27,29H,15,17H2,1-3H3. The SMILES string of the molecule is CC(C)(C)Nc1nc2c(OCCc3ccccc3)cccn2c1-c1ccccc1O. The molecule has 2 heterocycles. The van der Waals surface area contributed by atoms with Gasteiger partial charge in [-0.2, -0.15) is 0 Å². The average Bonchev–Trinajstić information content (AvgIpc) is 3.06. The minimum atomic E-state index is -0.189. The van der Waals surface area contributed by atoms with Gasteiger partial charge < -0.3 is 15.2 Å². The van der Waals surface area contributed by atoms with E-state index < -0.39 is 0 Å². The van der Waals surface area contributed by atoms with Crippen LogP contribution in [0.4, 0.5) is 5.82 Å². The number of aromatic hydroxyl groups is 1. The van der Waals surface area contributed by atoms with E-state index in [1.165, 1.54) is 5.56 Å². The number of nitrogens with zero attached hydrogens (tertiary/aromatic N) is 2. The fourth-order valence-electron chi connectivity index (χ4n) is 3.45. The van der Waals surface area contributed by atoms with E-state index in [-0.39, 0.29) is 11.3 Å². The van der Waals surface area contributed by atoms with Gasteiger partial charge in [0.05, 0.1) is 6.61 Å². The Bertz CT molecular complexity index is 1140. The summed E-state index contributed by atoms with van der Waals surface area (Å²) in [5.74, 6) is 1.64. The van der Waals surface area contributed by atoms with Gasteiger partial charge in [-0.15, -0.1) is 0 Å². The third kappa shape index (κ3) is 4.25. The summed E-state index contributed by atoms with van der Waals surface area (Å²) >= 11 is 0. The van der Waals surface area contributed by atoms with E-state index >= 15 is 0 Å². The van der Waals surface area contributed by atoms with Gasteiger partial charge in [0, 0.05) is 23.7 Å². The number of fused-ring (bicyclic) bond motifs is 1. The summed E-state index contributed by atoms with van der Waals surface area (Å²) < 4.78 is 8.09. The van der Waals surface area contributed by atoms with E-state index in [2.05, 4.69) is 38.2 Å². The second kappa shape index (κ2) is 8.11. The van der Waals surface area contributed by atoms with Crippen molar-refractivity contribution in [3.63, 3.8) is 0 Å². The highest BCUT2D eigenvalue weighted by molar-refractivity contribution is 5.82. The number of rotatable bonds is 6. The molecule has 2 N–H and O–H groups in total. The molecule has 2 aromatic carbocycles. The number of hydrogen-bond acceptors (Lipinski definition) is 4. The van der Waals surface area contributed by atoms with Crippen molar-refractivity contribution in [3.8, 4) is 22.8 Å². The van der Waals surface area contributed by atoms with E-state index in [4.69, 9.17) is 9.72 Å². The summed E-state index contributed by atoms with van der Waals surface area (Å²) in [5.41, 5.74) is 3.30. The van der Waals surface area contributed by atoms with Crippen molar-refractivity contribution in [1.29, 1.82) is 0 Å². The Balaban J connectivity index is 1.73. The molecule has 0 aliphatic carbocycles. The molecule has 4 aromatic rings. The topological polar surface area (TPSA) is 58.8 Å². The van der Waals surface area contributed by atoms with Gasteiger partial charge in [0.15, 0.2) is 17.2 Å². The third-order valence-corrected chi connectivity index (χ3v) is 4.76. The smallest absolute Gasteiger partial charge is 0.182 e. The van der Waals surface area contributed by atoms with Gasteiger partial charge in [-0.1, -0.05) is 42.5 Å². The maximum absolute atomic E-state index is 10.5. The number of anilines is 1. The van der Waals surface area contributed by atoms with Crippen LogP contribution in [-0.4, -0.2) is 26.6 Å². The summed E-state index contributed by atoms with van der Waals surface area (Å²) in [6.45, 7) is 6.82. The lowest BCUT2D eigenvalue weighted by Crippen LogP contribution is -2.26. The highest BCUT2D eigenvalue weighted by atomic mass is 16.5. The average molecular weight is 402 g/mol. The first-order valence-electron chi connectivity index (χ1n) is 10.2. The first kappa shape index (κ1) is 19.8. The van der Waals surface area contributed by atoms with Crippen LogP contribution in [0.15, 0.2) is 72.9 Å². The predicted octanol–water partition coefficient (Wildman–Crippen LogP) is 5.54. The van der Waals surface area contributed by atoms with E-state index in [1.54, 1.807) is 6.07 Å². The Hall–Kier alpha value is -3.47. The minimum Gasteiger partial charge on any atom is -0.507 e. The number of phenolic OH excluding ortho intramolecular Hbond substituents is 1. The van der Waals surface area contributed by atoms with Crippen LogP contribution in [0.2, 0.25) is 0 Å². The molecule has 0 spiro atoms. The molecular formula is C25H27N3O2. The van der Waals surface area contributed by atoms with E-state index in [0.717, 1.165) is 23.3 Å². The number of para-hydroxylation sites is 1. The Kier molecular flexibility index (Phi) is 5.36. The molecule has 0 fully saturated rings. The van der Waals surface area contributed by atoms with Gasteiger partial charge in [-0.25, -0.2) is 4.98 Å². The van der Waals surface area contributed by atoms with Crippen LogP contribution >= 0.6 is 0 Å². The van der Waals surface area contributed by atoms with Gasteiger partial charge >= 0.3 is 0 Å². The number of aromatic nitrogens is 2. The maximum atomic E-state index is 10.5. The van der Waals surface area contributed by atoms with Crippen LogP contribution < -0.4 is 10.1 Å². The molecule has 0 unspecified atom stereocenters. The van der Waals surface area contributed by atoms with Gasteiger partial charge in [-0.3, -0.25) is 4.40 Å². The summed E-state index contributed by atoms with van der Waals surface area (Å²) in [4.78, 5) is 4.86. The molecule has 154 valence electrons. The molecule has 5 nitrogen and oxygen atoms in total. The van der Waals surface area contributed by atoms with Crippen molar-refractivity contribution in [2.45, 2.75) is 32.7 Å². The zero-order valence-electron chi connectivity index (χ0n) is 17.6. The summed E-state index contributed by atoms with van der Waals surface area (Å²) in [5, 5.41) is 14.0. The first-order valence-corrected chi connectivity index (χ1v) is 10.2. The lowest BCUT2D eigenvalue weighted by molar-refractivity contribution is 0.324. The normalized spacial score (nSPS) is 11.6. The quantitative estimate of drug-likeness (QED) is 0.445. The highest BCUT2D eigenvalue weighted by Gasteiger charge is 2.22. The Morgan fingerprint density at radius 1 is 0.967 bits per heavy atom. The van der Waals surface area contributed by atoms with Gasteiger partial charge in [0.2, 0.25) is 0 Å². The zero-order valence-corrected chi connectivity index (χ0v) is 17.6. The summed E-state index contributed by atoms with van der Waals surface area (Å²) in [7, 11) is 0. The van der Waals surface area contributed by atoms with Crippen molar-refractivity contribution in [1.82, 2.24) is 9.38 Å². The van der Waals surface area contributed by atoms with Crippen molar-refractivity contribution < 1.29 is 9.84 Å². The second-order valence-corrected chi connectivity index (χ2v) is 8.35. The van der Waals surface area contributed by atoms with E-state index in [0.29, 0.717) is 18.2 Å². The molecule has 0 saturated heterocycles. The molecule has 2 aromatic heterocycles. The molecule has 4 rings (SSSR count). The minimum absolute atomic E-state index is 0.189. The lowest BCUT2D eigenvalue weighted by Gasteiger charge is -2.21.